The Kier molecular flexibility index (Phi) is 2.69. The molecule has 0 aliphatic heterocycles. The highest BCUT2D eigenvalue weighted by atomic mass is 33.1. The number of anilines is 1. The summed E-state index contributed by atoms with van der Waals surface area (Å²) in [5.41, 5.74) is 1.24. The van der Waals surface area contributed by atoms with Crippen molar-refractivity contribution in [1.82, 2.24) is 19.9 Å². The molecule has 72 valence electrons. The zero-order valence-electron chi connectivity index (χ0n) is 7.30. The Morgan fingerprint density at radius 3 is 2.79 bits per heavy atom. The van der Waals surface area contributed by atoms with Crippen molar-refractivity contribution in [3.8, 4) is 0 Å². The standard InChI is InChI=1S/C7H7N5S2/c1-8-5-4-6(10-3-2-9-4)12-7(11-5)14-13/h2-3,13H,1H3,(H,8,10,11,12). The third kappa shape index (κ3) is 1.60. The molecule has 2 heterocycles. The van der Waals surface area contributed by atoms with Gasteiger partial charge in [0.05, 0.1) is 0 Å². The van der Waals surface area contributed by atoms with E-state index in [1.807, 2.05) is 0 Å². The van der Waals surface area contributed by atoms with Crippen LogP contribution in [0, 0.1) is 0 Å². The lowest BCUT2D eigenvalue weighted by Crippen LogP contribution is -1.99. The summed E-state index contributed by atoms with van der Waals surface area (Å²) in [6.07, 6.45) is 3.21. The second-order valence-electron chi connectivity index (χ2n) is 2.42. The Labute approximate surface area is 89.6 Å². The molecular weight excluding hydrogens is 218 g/mol. The normalized spacial score (nSPS) is 10.4. The van der Waals surface area contributed by atoms with Crippen LogP contribution in [0.15, 0.2) is 17.6 Å². The topological polar surface area (TPSA) is 63.6 Å². The van der Waals surface area contributed by atoms with Gasteiger partial charge in [-0.1, -0.05) is 0 Å². The summed E-state index contributed by atoms with van der Waals surface area (Å²) in [4.78, 5) is 16.6. The van der Waals surface area contributed by atoms with E-state index in [4.69, 9.17) is 0 Å². The molecule has 2 rings (SSSR count). The Morgan fingerprint density at radius 2 is 2.07 bits per heavy atom. The highest BCUT2D eigenvalue weighted by Crippen LogP contribution is 2.22. The van der Waals surface area contributed by atoms with E-state index in [2.05, 4.69) is 36.9 Å². The molecule has 0 saturated heterocycles. The summed E-state index contributed by atoms with van der Waals surface area (Å²) in [5, 5.41) is 3.50. The molecule has 0 aliphatic carbocycles. The summed E-state index contributed by atoms with van der Waals surface area (Å²) in [7, 11) is 2.96. The Bertz CT molecular complexity index is 461. The van der Waals surface area contributed by atoms with E-state index < -0.39 is 0 Å². The first-order chi connectivity index (χ1) is 6.85. The molecule has 7 heteroatoms. The van der Waals surface area contributed by atoms with Crippen molar-refractivity contribution in [3.05, 3.63) is 12.4 Å². The molecule has 1 N–H and O–H groups in total. The molecule has 0 fully saturated rings. The van der Waals surface area contributed by atoms with Gasteiger partial charge < -0.3 is 5.32 Å². The molecule has 0 radical (unpaired) electrons. The van der Waals surface area contributed by atoms with E-state index >= 15 is 0 Å². The zero-order valence-corrected chi connectivity index (χ0v) is 9.01. The monoisotopic (exact) mass is 225 g/mol. The van der Waals surface area contributed by atoms with Crippen LogP contribution in [0.5, 0.6) is 0 Å². The maximum atomic E-state index is 4.20. The number of aromatic nitrogens is 4. The smallest absolute Gasteiger partial charge is 0.202 e. The molecule has 0 aliphatic rings. The number of nitrogens with one attached hydrogen (secondary N) is 1. The SMILES string of the molecule is CNc1nc(SS)nc2nccnc12. The van der Waals surface area contributed by atoms with E-state index in [-0.39, 0.29) is 0 Å². The lowest BCUT2D eigenvalue weighted by Gasteiger charge is -2.03. The number of nitrogens with zero attached hydrogens (tertiary/aromatic N) is 4. The van der Waals surface area contributed by atoms with Gasteiger partial charge in [0, 0.05) is 19.4 Å². The minimum atomic E-state index is 0.561. The summed E-state index contributed by atoms with van der Waals surface area (Å²) in [6.45, 7) is 0. The van der Waals surface area contributed by atoms with Crippen molar-refractivity contribution in [2.45, 2.75) is 5.16 Å². The van der Waals surface area contributed by atoms with Crippen molar-refractivity contribution in [1.29, 1.82) is 0 Å². The van der Waals surface area contributed by atoms with Crippen molar-refractivity contribution in [3.63, 3.8) is 0 Å². The van der Waals surface area contributed by atoms with E-state index in [1.165, 1.54) is 10.8 Å². The summed E-state index contributed by atoms with van der Waals surface area (Å²) in [5.74, 6) is 0.666. The third-order valence-corrected chi connectivity index (χ3v) is 2.47. The summed E-state index contributed by atoms with van der Waals surface area (Å²) in [6, 6.07) is 0. The average molecular weight is 225 g/mol. The fourth-order valence-electron chi connectivity index (χ4n) is 1.06. The Balaban J connectivity index is 2.73. The van der Waals surface area contributed by atoms with Crippen LogP contribution in [0.2, 0.25) is 0 Å². The largest absolute Gasteiger partial charge is 0.371 e. The molecule has 2 aromatic heterocycles. The van der Waals surface area contributed by atoms with Crippen LogP contribution in [-0.4, -0.2) is 27.0 Å². The molecular formula is C7H7N5S2. The number of thiol groups is 1. The van der Waals surface area contributed by atoms with Crippen LogP contribution in [0.4, 0.5) is 5.82 Å². The summed E-state index contributed by atoms with van der Waals surface area (Å²) >= 11 is 4.04. The van der Waals surface area contributed by atoms with Gasteiger partial charge in [0.1, 0.15) is 0 Å². The zero-order chi connectivity index (χ0) is 9.97. The fraction of sp³-hybridized carbons (Fsp3) is 0.143. The van der Waals surface area contributed by atoms with Crippen molar-refractivity contribution in [2.24, 2.45) is 0 Å². The predicted molar refractivity (Wildman–Crippen MR) is 59.5 cm³/mol. The summed E-state index contributed by atoms with van der Waals surface area (Å²) < 4.78 is 0. The van der Waals surface area contributed by atoms with Gasteiger partial charge in [-0.25, -0.2) is 15.0 Å². The van der Waals surface area contributed by atoms with Crippen LogP contribution >= 0.6 is 22.5 Å². The van der Waals surface area contributed by atoms with Gasteiger partial charge in [0.25, 0.3) is 0 Å². The molecule has 0 bridgehead atoms. The number of hydrogen-bond acceptors (Lipinski definition) is 7. The number of hydrogen-bond donors (Lipinski definition) is 2. The van der Waals surface area contributed by atoms with Crippen LogP contribution in [0.3, 0.4) is 0 Å². The van der Waals surface area contributed by atoms with Gasteiger partial charge >= 0.3 is 0 Å². The maximum Gasteiger partial charge on any atom is 0.202 e. The van der Waals surface area contributed by atoms with E-state index in [0.29, 0.717) is 22.1 Å². The van der Waals surface area contributed by atoms with E-state index in [9.17, 15) is 0 Å². The van der Waals surface area contributed by atoms with Gasteiger partial charge in [-0.3, -0.25) is 0 Å². The molecule has 0 unspecified atom stereocenters. The first-order valence-corrected chi connectivity index (χ1v) is 5.70. The fourth-order valence-corrected chi connectivity index (χ4v) is 1.56. The van der Waals surface area contributed by atoms with Crippen LogP contribution in [0.1, 0.15) is 0 Å². The minimum absolute atomic E-state index is 0.561. The Morgan fingerprint density at radius 1 is 1.29 bits per heavy atom. The lowest BCUT2D eigenvalue weighted by atomic mass is 10.4. The molecule has 0 spiro atoms. The maximum absolute atomic E-state index is 4.20. The average Bonchev–Trinajstić information content (AvgIpc) is 2.27. The lowest BCUT2D eigenvalue weighted by molar-refractivity contribution is 0.987. The van der Waals surface area contributed by atoms with Crippen molar-refractivity contribution < 1.29 is 0 Å². The highest BCUT2D eigenvalue weighted by Gasteiger charge is 2.07. The molecule has 2 aromatic rings. The number of fused-ring (bicyclic) bond motifs is 1. The van der Waals surface area contributed by atoms with E-state index in [1.54, 1.807) is 19.4 Å². The van der Waals surface area contributed by atoms with Gasteiger partial charge in [-0.05, 0) is 10.8 Å². The minimum Gasteiger partial charge on any atom is -0.371 e. The first-order valence-electron chi connectivity index (χ1n) is 3.83. The van der Waals surface area contributed by atoms with E-state index in [0.717, 1.165) is 0 Å². The first kappa shape index (κ1) is 9.47. The second-order valence-corrected chi connectivity index (χ2v) is 3.52. The predicted octanol–water partition coefficient (Wildman–Crippen LogP) is 1.40. The van der Waals surface area contributed by atoms with Crippen molar-refractivity contribution in [2.75, 3.05) is 12.4 Å². The molecule has 14 heavy (non-hydrogen) atoms. The number of rotatable bonds is 2. The van der Waals surface area contributed by atoms with Crippen molar-refractivity contribution >= 4 is 39.4 Å². The second kappa shape index (κ2) is 3.97. The quantitative estimate of drug-likeness (QED) is 0.457. The molecule has 0 atom stereocenters. The van der Waals surface area contributed by atoms with Crippen LogP contribution < -0.4 is 5.32 Å². The van der Waals surface area contributed by atoms with Crippen LogP contribution in [0.25, 0.3) is 11.2 Å². The highest BCUT2D eigenvalue weighted by molar-refractivity contribution is 8.68. The molecule has 0 aromatic carbocycles. The molecule has 0 amide bonds. The van der Waals surface area contributed by atoms with Gasteiger partial charge in [-0.15, -0.1) is 11.7 Å². The third-order valence-electron chi connectivity index (χ3n) is 1.63. The van der Waals surface area contributed by atoms with Gasteiger partial charge in [0.15, 0.2) is 17.0 Å². The van der Waals surface area contributed by atoms with Gasteiger partial charge in [-0.2, -0.15) is 4.98 Å². The van der Waals surface area contributed by atoms with Gasteiger partial charge in [0.2, 0.25) is 5.16 Å². The molecule has 5 nitrogen and oxygen atoms in total. The Hall–Kier alpha value is -1.08. The van der Waals surface area contributed by atoms with Crippen LogP contribution in [-0.2, 0) is 0 Å². The molecule has 0 saturated carbocycles.